The van der Waals surface area contributed by atoms with E-state index in [0.717, 1.165) is 17.0 Å². The van der Waals surface area contributed by atoms with Crippen LogP contribution in [0.15, 0.2) is 24.3 Å². The van der Waals surface area contributed by atoms with Crippen molar-refractivity contribution in [3.8, 4) is 11.3 Å². The maximum atomic E-state index is 11.8. The van der Waals surface area contributed by atoms with Gasteiger partial charge in [-0.15, -0.1) is 0 Å². The summed E-state index contributed by atoms with van der Waals surface area (Å²) in [6.07, 6.45) is 0. The molecule has 1 N–H and O–H groups in total. The van der Waals surface area contributed by atoms with Crippen molar-refractivity contribution in [3.63, 3.8) is 0 Å². The van der Waals surface area contributed by atoms with Gasteiger partial charge in [-0.05, 0) is 39.0 Å². The van der Waals surface area contributed by atoms with Crippen LogP contribution in [0.1, 0.15) is 18.3 Å². The van der Waals surface area contributed by atoms with E-state index < -0.39 is 0 Å². The number of aromatic nitrogens is 3. The Morgan fingerprint density at radius 1 is 1.19 bits per heavy atom. The number of aryl methyl sites for hydroxylation is 2. The summed E-state index contributed by atoms with van der Waals surface area (Å²) >= 11 is 12.2. The van der Waals surface area contributed by atoms with Crippen LogP contribution in [0.4, 0.5) is 5.82 Å². The van der Waals surface area contributed by atoms with Gasteiger partial charge in [-0.1, -0.05) is 29.3 Å². The Labute approximate surface area is 161 Å². The molecule has 0 bridgehead atoms. The van der Waals surface area contributed by atoms with Gasteiger partial charge in [-0.25, -0.2) is 9.97 Å². The first-order valence-corrected chi connectivity index (χ1v) is 8.88. The van der Waals surface area contributed by atoms with Crippen LogP contribution in [0.25, 0.3) is 17.0 Å². The lowest BCUT2D eigenvalue weighted by atomic mass is 10.1. The molecule has 3 aromatic rings. The maximum Gasteiger partial charge on any atom is 0.325 e. The molecule has 2 aromatic heterocycles. The fraction of sp³-hybridized carbons (Fsp3) is 0.278. The van der Waals surface area contributed by atoms with Gasteiger partial charge in [0.2, 0.25) is 5.78 Å². The molecule has 8 heteroatoms. The second-order valence-electron chi connectivity index (χ2n) is 5.77. The minimum Gasteiger partial charge on any atom is -0.465 e. The van der Waals surface area contributed by atoms with E-state index in [1.165, 1.54) is 0 Å². The van der Waals surface area contributed by atoms with Crippen LogP contribution in [0, 0.1) is 13.8 Å². The Bertz CT molecular complexity index is 985. The van der Waals surface area contributed by atoms with Crippen molar-refractivity contribution in [2.24, 2.45) is 0 Å². The van der Waals surface area contributed by atoms with Gasteiger partial charge < -0.3 is 10.1 Å². The summed E-state index contributed by atoms with van der Waals surface area (Å²) in [4.78, 5) is 20.9. The standard InChI is InChI=1S/C18H18Cl2N4O2/c1-4-26-15(25)9-21-17-16(12-5-6-13(19)14(20)8-12)23-18-22-10(2)7-11(3)24(17)18/h5-8,21H,4,9H2,1-3H3. The average Bonchev–Trinajstić information content (AvgIpc) is 2.94. The third kappa shape index (κ3) is 3.61. The quantitative estimate of drug-likeness (QED) is 0.655. The zero-order chi connectivity index (χ0) is 18.8. The molecule has 0 spiro atoms. The molecular formula is C18H18Cl2N4O2. The number of hydrogen-bond acceptors (Lipinski definition) is 5. The predicted molar refractivity (Wildman–Crippen MR) is 103 cm³/mol. The Kier molecular flexibility index (Phi) is 5.34. The SMILES string of the molecule is CCOC(=O)CNc1c(-c2ccc(Cl)c(Cl)c2)nc2nc(C)cc(C)n12. The Balaban J connectivity index is 2.14. The van der Waals surface area contributed by atoms with Crippen LogP contribution < -0.4 is 5.32 Å². The van der Waals surface area contributed by atoms with Gasteiger partial charge in [0.15, 0.2) is 0 Å². The predicted octanol–water partition coefficient (Wildman–Crippen LogP) is 4.29. The molecule has 3 rings (SSSR count). The first kappa shape index (κ1) is 18.5. The minimum atomic E-state index is -0.347. The Morgan fingerprint density at radius 3 is 2.65 bits per heavy atom. The van der Waals surface area contributed by atoms with Crippen LogP contribution in [0.5, 0.6) is 0 Å². The zero-order valence-electron chi connectivity index (χ0n) is 14.6. The van der Waals surface area contributed by atoms with Crippen LogP contribution >= 0.6 is 23.2 Å². The average molecular weight is 393 g/mol. The lowest BCUT2D eigenvalue weighted by Crippen LogP contribution is -2.18. The van der Waals surface area contributed by atoms with E-state index in [1.807, 2.05) is 30.4 Å². The minimum absolute atomic E-state index is 0.0171. The largest absolute Gasteiger partial charge is 0.465 e. The summed E-state index contributed by atoms with van der Waals surface area (Å²) < 4.78 is 6.86. The normalized spacial score (nSPS) is 11.0. The number of carbonyl (C=O) groups excluding carboxylic acids is 1. The van der Waals surface area contributed by atoms with Gasteiger partial charge in [-0.3, -0.25) is 9.20 Å². The highest BCUT2D eigenvalue weighted by atomic mass is 35.5. The van der Waals surface area contributed by atoms with E-state index in [0.29, 0.717) is 33.9 Å². The molecule has 136 valence electrons. The van der Waals surface area contributed by atoms with Crippen molar-refractivity contribution in [3.05, 3.63) is 45.7 Å². The number of carbonyl (C=O) groups is 1. The molecule has 0 aliphatic heterocycles. The van der Waals surface area contributed by atoms with E-state index >= 15 is 0 Å². The summed E-state index contributed by atoms with van der Waals surface area (Å²) in [6, 6.07) is 7.23. The van der Waals surface area contributed by atoms with Crippen molar-refractivity contribution in [1.82, 2.24) is 14.4 Å². The molecule has 6 nitrogen and oxygen atoms in total. The van der Waals surface area contributed by atoms with Gasteiger partial charge in [0.05, 0.1) is 16.7 Å². The number of halogens is 2. The van der Waals surface area contributed by atoms with E-state index in [1.54, 1.807) is 19.1 Å². The first-order chi connectivity index (χ1) is 12.4. The lowest BCUT2D eigenvalue weighted by Gasteiger charge is -2.10. The topological polar surface area (TPSA) is 68.5 Å². The number of imidazole rings is 1. The summed E-state index contributed by atoms with van der Waals surface area (Å²) in [5.41, 5.74) is 3.21. The van der Waals surface area contributed by atoms with Crippen molar-refractivity contribution >= 4 is 40.8 Å². The molecule has 0 fully saturated rings. The number of hydrogen-bond donors (Lipinski definition) is 1. The van der Waals surface area contributed by atoms with Gasteiger partial charge in [0, 0.05) is 17.0 Å². The lowest BCUT2D eigenvalue weighted by molar-refractivity contribution is -0.140. The van der Waals surface area contributed by atoms with Gasteiger partial charge in [0.1, 0.15) is 18.1 Å². The Hall–Kier alpha value is -2.31. The second kappa shape index (κ2) is 7.51. The van der Waals surface area contributed by atoms with Gasteiger partial charge in [0.25, 0.3) is 0 Å². The molecule has 2 heterocycles. The van der Waals surface area contributed by atoms with Crippen molar-refractivity contribution in [2.75, 3.05) is 18.5 Å². The number of nitrogens with one attached hydrogen (secondary N) is 1. The molecular weight excluding hydrogens is 375 g/mol. The highest BCUT2D eigenvalue weighted by molar-refractivity contribution is 6.42. The third-order valence-electron chi connectivity index (χ3n) is 3.81. The number of esters is 1. The van der Waals surface area contributed by atoms with Crippen LogP contribution in [-0.4, -0.2) is 33.5 Å². The summed E-state index contributed by atoms with van der Waals surface area (Å²) in [5.74, 6) is 0.839. The number of rotatable bonds is 5. The van der Waals surface area contributed by atoms with Crippen LogP contribution in [0.3, 0.4) is 0 Å². The van der Waals surface area contributed by atoms with Crippen LogP contribution in [-0.2, 0) is 9.53 Å². The number of fused-ring (bicyclic) bond motifs is 1. The van der Waals surface area contributed by atoms with Crippen molar-refractivity contribution < 1.29 is 9.53 Å². The summed E-state index contributed by atoms with van der Waals surface area (Å²) in [7, 11) is 0. The Morgan fingerprint density at radius 2 is 1.96 bits per heavy atom. The number of anilines is 1. The molecule has 0 aliphatic carbocycles. The molecule has 0 radical (unpaired) electrons. The molecule has 26 heavy (non-hydrogen) atoms. The highest BCUT2D eigenvalue weighted by Crippen LogP contribution is 2.33. The summed E-state index contributed by atoms with van der Waals surface area (Å²) in [6.45, 7) is 5.98. The summed E-state index contributed by atoms with van der Waals surface area (Å²) in [5, 5.41) is 4.02. The fourth-order valence-electron chi connectivity index (χ4n) is 2.75. The molecule has 0 aliphatic rings. The monoisotopic (exact) mass is 392 g/mol. The van der Waals surface area contributed by atoms with E-state index in [9.17, 15) is 4.79 Å². The molecule has 0 saturated carbocycles. The van der Waals surface area contributed by atoms with E-state index in [4.69, 9.17) is 27.9 Å². The molecule has 0 saturated heterocycles. The first-order valence-electron chi connectivity index (χ1n) is 8.12. The van der Waals surface area contributed by atoms with Crippen molar-refractivity contribution in [2.45, 2.75) is 20.8 Å². The maximum absolute atomic E-state index is 11.8. The van der Waals surface area contributed by atoms with E-state index in [-0.39, 0.29) is 12.5 Å². The third-order valence-corrected chi connectivity index (χ3v) is 4.54. The van der Waals surface area contributed by atoms with Crippen LogP contribution in [0.2, 0.25) is 10.0 Å². The van der Waals surface area contributed by atoms with Crippen molar-refractivity contribution in [1.29, 1.82) is 0 Å². The smallest absolute Gasteiger partial charge is 0.325 e. The molecule has 0 atom stereocenters. The van der Waals surface area contributed by atoms with E-state index in [2.05, 4.69) is 15.3 Å². The molecule has 1 aromatic carbocycles. The number of ether oxygens (including phenoxy) is 1. The number of benzene rings is 1. The zero-order valence-corrected chi connectivity index (χ0v) is 16.1. The molecule has 0 amide bonds. The van der Waals surface area contributed by atoms with Gasteiger partial charge in [-0.2, -0.15) is 0 Å². The number of nitrogens with zero attached hydrogens (tertiary/aromatic N) is 3. The molecule has 0 unspecified atom stereocenters. The fourth-order valence-corrected chi connectivity index (χ4v) is 3.05. The highest BCUT2D eigenvalue weighted by Gasteiger charge is 2.18. The van der Waals surface area contributed by atoms with Gasteiger partial charge >= 0.3 is 5.97 Å². The second-order valence-corrected chi connectivity index (χ2v) is 6.59.